The number of hydrogen-bond acceptors (Lipinski definition) is 5. The first-order valence-electron chi connectivity index (χ1n) is 7.72. The summed E-state index contributed by atoms with van der Waals surface area (Å²) in [5, 5.41) is 1.36. The van der Waals surface area contributed by atoms with Crippen molar-refractivity contribution in [1.82, 2.24) is 0 Å². The molecule has 134 valence electrons. The normalized spacial score (nSPS) is 16.7. The first-order chi connectivity index (χ1) is 12.5. The molecule has 1 heterocycles. The molecule has 3 rings (SSSR count). The Morgan fingerprint density at radius 2 is 1.88 bits per heavy atom. The fourth-order valence-electron chi connectivity index (χ4n) is 2.53. The molecule has 1 fully saturated rings. The van der Waals surface area contributed by atoms with Crippen LogP contribution >= 0.6 is 11.8 Å². The van der Waals surface area contributed by atoms with Gasteiger partial charge in [0.15, 0.2) is 0 Å². The maximum Gasteiger partial charge on any atom is 0.293 e. The Morgan fingerprint density at radius 3 is 2.58 bits per heavy atom. The van der Waals surface area contributed by atoms with Crippen LogP contribution in [0.5, 0.6) is 5.75 Å². The SMILES string of the molecule is COc1ccccc1NC(=O)C[C@H]1SC(=O)N(c2ccc(F)cc2)C1=O. The third kappa shape index (κ3) is 3.70. The number of nitrogens with one attached hydrogen (secondary N) is 1. The van der Waals surface area contributed by atoms with Gasteiger partial charge in [-0.25, -0.2) is 9.29 Å². The number of rotatable bonds is 5. The van der Waals surface area contributed by atoms with Gasteiger partial charge in [-0.15, -0.1) is 0 Å². The van der Waals surface area contributed by atoms with E-state index in [1.165, 1.54) is 31.4 Å². The van der Waals surface area contributed by atoms with Gasteiger partial charge in [-0.2, -0.15) is 0 Å². The zero-order valence-electron chi connectivity index (χ0n) is 13.8. The predicted molar refractivity (Wildman–Crippen MR) is 96.9 cm³/mol. The van der Waals surface area contributed by atoms with Gasteiger partial charge >= 0.3 is 0 Å². The molecule has 2 aromatic rings. The van der Waals surface area contributed by atoms with Crippen LogP contribution in [-0.2, 0) is 9.59 Å². The van der Waals surface area contributed by atoms with E-state index in [1.54, 1.807) is 24.3 Å². The summed E-state index contributed by atoms with van der Waals surface area (Å²) in [5.41, 5.74) is 0.763. The summed E-state index contributed by atoms with van der Waals surface area (Å²) in [6, 6.07) is 11.9. The second-order valence-electron chi connectivity index (χ2n) is 5.48. The first-order valence-corrected chi connectivity index (χ1v) is 8.60. The van der Waals surface area contributed by atoms with Crippen molar-refractivity contribution in [2.45, 2.75) is 11.7 Å². The Bertz CT molecular complexity index is 857. The summed E-state index contributed by atoms with van der Waals surface area (Å²) in [5.74, 6) is -0.876. The number of carbonyl (C=O) groups excluding carboxylic acids is 3. The van der Waals surface area contributed by atoms with Crippen molar-refractivity contribution in [2.75, 3.05) is 17.3 Å². The molecule has 0 saturated carbocycles. The van der Waals surface area contributed by atoms with Gasteiger partial charge in [0.25, 0.3) is 5.24 Å². The van der Waals surface area contributed by atoms with Crippen LogP contribution in [0.15, 0.2) is 48.5 Å². The molecule has 0 bridgehead atoms. The number of ether oxygens (including phenoxy) is 1. The van der Waals surface area contributed by atoms with E-state index in [0.717, 1.165) is 16.7 Å². The van der Waals surface area contributed by atoms with E-state index >= 15 is 0 Å². The average Bonchev–Trinajstić information content (AvgIpc) is 2.90. The van der Waals surface area contributed by atoms with Crippen LogP contribution in [0.1, 0.15) is 6.42 Å². The molecule has 1 atom stereocenters. The molecule has 1 aliphatic rings. The van der Waals surface area contributed by atoms with E-state index in [9.17, 15) is 18.8 Å². The highest BCUT2D eigenvalue weighted by Crippen LogP contribution is 2.34. The lowest BCUT2D eigenvalue weighted by molar-refractivity contribution is -0.121. The van der Waals surface area contributed by atoms with Crippen molar-refractivity contribution in [2.24, 2.45) is 0 Å². The molecule has 0 spiro atoms. The quantitative estimate of drug-likeness (QED) is 0.868. The summed E-state index contributed by atoms with van der Waals surface area (Å²) in [6.45, 7) is 0. The van der Waals surface area contributed by atoms with Gasteiger partial charge in [0.2, 0.25) is 11.8 Å². The highest BCUT2D eigenvalue weighted by molar-refractivity contribution is 8.15. The largest absolute Gasteiger partial charge is 0.495 e. The molecule has 8 heteroatoms. The van der Waals surface area contributed by atoms with Crippen LogP contribution in [-0.4, -0.2) is 29.4 Å². The lowest BCUT2D eigenvalue weighted by atomic mass is 10.2. The molecule has 26 heavy (non-hydrogen) atoms. The number of carbonyl (C=O) groups is 3. The van der Waals surface area contributed by atoms with Crippen LogP contribution < -0.4 is 15.0 Å². The number of halogens is 1. The van der Waals surface area contributed by atoms with Gasteiger partial charge in [0.05, 0.1) is 18.5 Å². The van der Waals surface area contributed by atoms with Crippen molar-refractivity contribution in [1.29, 1.82) is 0 Å². The Labute approximate surface area is 153 Å². The van der Waals surface area contributed by atoms with Crippen molar-refractivity contribution < 1.29 is 23.5 Å². The molecular formula is C18H15FN2O4S. The number of thioether (sulfide) groups is 1. The number of anilines is 2. The number of hydrogen-bond donors (Lipinski definition) is 1. The Balaban J connectivity index is 1.69. The average molecular weight is 374 g/mol. The third-order valence-corrected chi connectivity index (χ3v) is 4.80. The van der Waals surface area contributed by atoms with Crippen LogP contribution in [0.4, 0.5) is 20.6 Å². The number of para-hydroxylation sites is 2. The fraction of sp³-hybridized carbons (Fsp3) is 0.167. The summed E-state index contributed by atoms with van der Waals surface area (Å²) < 4.78 is 18.2. The summed E-state index contributed by atoms with van der Waals surface area (Å²) in [4.78, 5) is 37.9. The van der Waals surface area contributed by atoms with Crippen molar-refractivity contribution in [3.8, 4) is 5.75 Å². The summed E-state index contributed by atoms with van der Waals surface area (Å²) in [6.07, 6.45) is -0.162. The van der Waals surface area contributed by atoms with Crippen LogP contribution in [0.3, 0.4) is 0 Å². The van der Waals surface area contributed by atoms with Gasteiger partial charge in [0.1, 0.15) is 16.8 Å². The highest BCUT2D eigenvalue weighted by atomic mass is 32.2. The topological polar surface area (TPSA) is 75.7 Å². The standard InChI is InChI=1S/C18H15FN2O4S/c1-25-14-5-3-2-4-13(14)20-16(22)10-15-17(23)21(18(24)26-15)12-8-6-11(19)7-9-12/h2-9,15H,10H2,1H3,(H,20,22)/t15-/m1/s1. The molecule has 6 nitrogen and oxygen atoms in total. The summed E-state index contributed by atoms with van der Waals surface area (Å²) in [7, 11) is 1.49. The predicted octanol–water partition coefficient (Wildman–Crippen LogP) is 3.43. The number of nitrogens with zero attached hydrogens (tertiary/aromatic N) is 1. The Morgan fingerprint density at radius 1 is 1.19 bits per heavy atom. The van der Waals surface area contributed by atoms with Gasteiger partial charge in [-0.1, -0.05) is 12.1 Å². The minimum atomic E-state index is -0.831. The third-order valence-electron chi connectivity index (χ3n) is 3.76. The lowest BCUT2D eigenvalue weighted by Crippen LogP contribution is -2.33. The van der Waals surface area contributed by atoms with E-state index in [2.05, 4.69) is 5.32 Å². The fourth-order valence-corrected chi connectivity index (χ4v) is 3.51. The number of amides is 3. The van der Waals surface area contributed by atoms with Crippen LogP contribution in [0, 0.1) is 5.82 Å². The number of benzene rings is 2. The maximum atomic E-state index is 13.0. The zero-order valence-corrected chi connectivity index (χ0v) is 14.6. The Kier molecular flexibility index (Phi) is 5.22. The monoisotopic (exact) mass is 374 g/mol. The second-order valence-corrected chi connectivity index (χ2v) is 6.63. The minimum Gasteiger partial charge on any atom is -0.495 e. The van der Waals surface area contributed by atoms with Gasteiger partial charge in [-0.3, -0.25) is 14.4 Å². The molecule has 1 aliphatic heterocycles. The van der Waals surface area contributed by atoms with E-state index in [1.807, 2.05) is 0 Å². The van der Waals surface area contributed by atoms with Gasteiger partial charge in [0, 0.05) is 6.42 Å². The first kappa shape index (κ1) is 17.9. The van der Waals surface area contributed by atoms with E-state index < -0.39 is 28.1 Å². The smallest absolute Gasteiger partial charge is 0.293 e. The van der Waals surface area contributed by atoms with Gasteiger partial charge < -0.3 is 10.1 Å². The van der Waals surface area contributed by atoms with Crippen molar-refractivity contribution in [3.63, 3.8) is 0 Å². The number of imide groups is 1. The van der Waals surface area contributed by atoms with E-state index in [0.29, 0.717) is 11.4 Å². The molecule has 0 aromatic heterocycles. The van der Waals surface area contributed by atoms with E-state index in [-0.39, 0.29) is 12.1 Å². The summed E-state index contributed by atoms with van der Waals surface area (Å²) >= 11 is 0.781. The number of methoxy groups -OCH3 is 1. The van der Waals surface area contributed by atoms with Crippen molar-refractivity contribution in [3.05, 3.63) is 54.3 Å². The molecule has 0 aliphatic carbocycles. The van der Waals surface area contributed by atoms with Crippen LogP contribution in [0.25, 0.3) is 0 Å². The molecule has 1 N–H and O–H groups in total. The van der Waals surface area contributed by atoms with Crippen molar-refractivity contribution >= 4 is 40.2 Å². The minimum absolute atomic E-state index is 0.162. The van der Waals surface area contributed by atoms with Gasteiger partial charge in [-0.05, 0) is 48.2 Å². The van der Waals surface area contributed by atoms with E-state index in [4.69, 9.17) is 4.74 Å². The zero-order chi connectivity index (χ0) is 18.7. The molecule has 0 radical (unpaired) electrons. The highest BCUT2D eigenvalue weighted by Gasteiger charge is 2.41. The molecular weight excluding hydrogens is 359 g/mol. The Hall–Kier alpha value is -2.87. The molecule has 0 unspecified atom stereocenters. The molecule has 3 amide bonds. The molecule has 2 aromatic carbocycles. The lowest BCUT2D eigenvalue weighted by Gasteiger charge is -2.14. The molecule has 1 saturated heterocycles. The van der Waals surface area contributed by atoms with Crippen LogP contribution in [0.2, 0.25) is 0 Å². The second kappa shape index (κ2) is 7.57. The maximum absolute atomic E-state index is 13.0.